The lowest BCUT2D eigenvalue weighted by Gasteiger charge is -2.29. The van der Waals surface area contributed by atoms with E-state index in [0.29, 0.717) is 12.3 Å². The first kappa shape index (κ1) is 16.3. The minimum Gasteiger partial charge on any atom is -0.481 e. The highest BCUT2D eigenvalue weighted by Crippen LogP contribution is 2.48. The maximum atomic E-state index is 12.1. The van der Waals surface area contributed by atoms with Gasteiger partial charge in [0.05, 0.1) is 12.2 Å². The van der Waals surface area contributed by atoms with Crippen LogP contribution < -0.4 is 10.1 Å². The zero-order valence-corrected chi connectivity index (χ0v) is 13.8. The average molecular weight is 342 g/mol. The number of rotatable bonds is 5. The van der Waals surface area contributed by atoms with Crippen LogP contribution in [0.2, 0.25) is 0 Å². The van der Waals surface area contributed by atoms with E-state index in [9.17, 15) is 15.0 Å². The van der Waals surface area contributed by atoms with Gasteiger partial charge in [0.2, 0.25) is 0 Å². The second-order valence-electron chi connectivity index (χ2n) is 7.06. The molecule has 6 nitrogen and oxygen atoms in total. The van der Waals surface area contributed by atoms with E-state index >= 15 is 0 Å². The number of aliphatic hydroxyl groups is 2. The van der Waals surface area contributed by atoms with Crippen LogP contribution in [0.5, 0.6) is 5.75 Å². The van der Waals surface area contributed by atoms with Gasteiger partial charge in [0.25, 0.3) is 5.91 Å². The number of carbonyl (C=O) groups excluding carboxylic acids is 1. The molecule has 5 atom stereocenters. The average Bonchev–Trinajstić information content (AvgIpc) is 3.18. The van der Waals surface area contributed by atoms with Crippen molar-refractivity contribution in [2.75, 3.05) is 13.2 Å². The lowest BCUT2D eigenvalue weighted by atomic mass is 9.85. The quantitative estimate of drug-likeness (QED) is 0.757. The summed E-state index contributed by atoms with van der Waals surface area (Å²) in [7, 11) is 0. The van der Waals surface area contributed by atoms with Gasteiger partial charge in [0.15, 0.2) is 6.61 Å². The van der Waals surface area contributed by atoms with E-state index in [4.69, 9.17) is 4.74 Å². The molecule has 2 aliphatic carbocycles. The number of nitrogens with zero attached hydrogens (tertiary/aromatic N) is 1. The Bertz CT molecular complexity index is 774. The van der Waals surface area contributed by atoms with E-state index in [1.54, 1.807) is 12.3 Å². The third-order valence-electron chi connectivity index (χ3n) is 5.57. The molecule has 1 heterocycles. The number of aromatic nitrogens is 1. The van der Waals surface area contributed by atoms with Gasteiger partial charge in [-0.1, -0.05) is 18.2 Å². The van der Waals surface area contributed by atoms with Crippen LogP contribution in [0.3, 0.4) is 0 Å². The number of aliphatic hydroxyl groups excluding tert-OH is 2. The largest absolute Gasteiger partial charge is 0.481 e. The van der Waals surface area contributed by atoms with Crippen molar-refractivity contribution in [1.29, 1.82) is 0 Å². The molecule has 6 heteroatoms. The number of amides is 1. The van der Waals surface area contributed by atoms with Gasteiger partial charge in [0.1, 0.15) is 11.3 Å². The molecule has 0 spiro atoms. The minimum absolute atomic E-state index is 0.0678. The van der Waals surface area contributed by atoms with E-state index in [1.807, 2.05) is 24.3 Å². The first-order valence-corrected chi connectivity index (χ1v) is 8.73. The van der Waals surface area contributed by atoms with Crippen LogP contribution in [0.15, 0.2) is 36.5 Å². The molecule has 0 saturated heterocycles. The molecule has 2 fully saturated rings. The van der Waals surface area contributed by atoms with Gasteiger partial charge in [-0.3, -0.25) is 9.78 Å². The van der Waals surface area contributed by atoms with Crippen LogP contribution in [0.4, 0.5) is 0 Å². The molecule has 2 aliphatic rings. The molecule has 1 amide bonds. The highest BCUT2D eigenvalue weighted by Gasteiger charge is 2.51. The molecular formula is C19H22N2O4. The lowest BCUT2D eigenvalue weighted by molar-refractivity contribution is -0.123. The number of hydrogen-bond acceptors (Lipinski definition) is 5. The van der Waals surface area contributed by atoms with Gasteiger partial charge < -0.3 is 20.3 Å². The highest BCUT2D eigenvalue weighted by atomic mass is 16.5. The fraction of sp³-hybridized carbons (Fsp3) is 0.474. The zero-order valence-electron chi connectivity index (χ0n) is 13.8. The molecule has 2 bridgehead atoms. The molecule has 3 N–H and O–H groups in total. The third-order valence-corrected chi connectivity index (χ3v) is 5.57. The van der Waals surface area contributed by atoms with E-state index < -0.39 is 12.2 Å². The maximum Gasteiger partial charge on any atom is 0.257 e. The van der Waals surface area contributed by atoms with Gasteiger partial charge in [-0.25, -0.2) is 0 Å². The Kier molecular flexibility index (Phi) is 4.31. The predicted molar refractivity (Wildman–Crippen MR) is 92.0 cm³/mol. The van der Waals surface area contributed by atoms with Crippen LogP contribution in [-0.4, -0.2) is 46.5 Å². The summed E-state index contributed by atoms with van der Waals surface area (Å²) in [5, 5.41) is 23.7. The van der Waals surface area contributed by atoms with Gasteiger partial charge in [-0.05, 0) is 42.7 Å². The van der Waals surface area contributed by atoms with E-state index in [0.717, 1.165) is 23.7 Å². The highest BCUT2D eigenvalue weighted by molar-refractivity contribution is 5.85. The molecular weight excluding hydrogens is 320 g/mol. The Morgan fingerprint density at radius 2 is 2.04 bits per heavy atom. The Balaban J connectivity index is 1.30. The van der Waals surface area contributed by atoms with Crippen LogP contribution >= 0.6 is 0 Å². The number of nitrogens with one attached hydrogen (secondary N) is 1. The number of benzene rings is 1. The summed E-state index contributed by atoms with van der Waals surface area (Å²) in [6.45, 7) is 0.447. The minimum atomic E-state index is -0.654. The molecule has 25 heavy (non-hydrogen) atoms. The molecule has 0 radical (unpaired) electrons. The van der Waals surface area contributed by atoms with Crippen molar-refractivity contribution in [2.45, 2.75) is 25.0 Å². The first-order valence-electron chi connectivity index (χ1n) is 8.73. The molecule has 0 unspecified atom stereocenters. The van der Waals surface area contributed by atoms with Crippen LogP contribution in [0, 0.1) is 17.8 Å². The molecule has 1 aromatic heterocycles. The number of fused-ring (bicyclic) bond motifs is 3. The number of para-hydroxylation sites is 1. The van der Waals surface area contributed by atoms with Crippen molar-refractivity contribution in [3.63, 3.8) is 0 Å². The monoisotopic (exact) mass is 342 g/mol. The van der Waals surface area contributed by atoms with Crippen LogP contribution in [0.1, 0.15) is 12.8 Å². The smallest absolute Gasteiger partial charge is 0.257 e. The molecule has 132 valence electrons. The fourth-order valence-electron chi connectivity index (χ4n) is 4.30. The van der Waals surface area contributed by atoms with Crippen molar-refractivity contribution in [3.8, 4) is 5.75 Å². The zero-order chi connectivity index (χ0) is 17.4. The number of carbonyl (C=O) groups is 1. The molecule has 1 aromatic carbocycles. The first-order chi connectivity index (χ1) is 12.1. The SMILES string of the molecule is O=C(COc1cccc2cccnc12)NC[C@H]1C[C@@H]2C[C@H]1[C@@H](O)[C@H]2O. The second kappa shape index (κ2) is 6.61. The summed E-state index contributed by atoms with van der Waals surface area (Å²) in [6, 6.07) is 9.43. The Labute approximate surface area is 145 Å². The summed E-state index contributed by atoms with van der Waals surface area (Å²) in [6.07, 6.45) is 2.15. The fourth-order valence-corrected chi connectivity index (χ4v) is 4.30. The maximum absolute atomic E-state index is 12.1. The van der Waals surface area contributed by atoms with Crippen molar-refractivity contribution in [1.82, 2.24) is 10.3 Å². The topological polar surface area (TPSA) is 91.7 Å². The molecule has 2 aromatic rings. The van der Waals surface area contributed by atoms with Crippen molar-refractivity contribution in [3.05, 3.63) is 36.5 Å². The van der Waals surface area contributed by atoms with Gasteiger partial charge in [-0.2, -0.15) is 0 Å². The summed E-state index contributed by atoms with van der Waals surface area (Å²) < 4.78 is 5.63. The van der Waals surface area contributed by atoms with E-state index in [-0.39, 0.29) is 30.3 Å². The van der Waals surface area contributed by atoms with Gasteiger partial charge in [-0.15, -0.1) is 0 Å². The van der Waals surface area contributed by atoms with Crippen molar-refractivity contribution < 1.29 is 19.7 Å². The van der Waals surface area contributed by atoms with Crippen molar-refractivity contribution in [2.24, 2.45) is 17.8 Å². The van der Waals surface area contributed by atoms with Crippen molar-refractivity contribution >= 4 is 16.8 Å². The molecule has 4 rings (SSSR count). The van der Waals surface area contributed by atoms with E-state index in [1.165, 1.54) is 0 Å². The Hall–Kier alpha value is -2.18. The number of ether oxygens (including phenoxy) is 1. The summed E-state index contributed by atoms with van der Waals surface area (Å²) >= 11 is 0. The standard InChI is InChI=1S/C19H22N2O4/c22-16(21-9-13-7-12-8-14(13)19(24)18(12)23)10-25-15-5-1-3-11-4-2-6-20-17(11)15/h1-6,12-14,18-19,23-24H,7-10H2,(H,21,22)/t12-,13-,14-,18+,19-/m1/s1. The van der Waals surface area contributed by atoms with E-state index in [2.05, 4.69) is 10.3 Å². The second-order valence-corrected chi connectivity index (χ2v) is 7.06. The number of pyridine rings is 1. The summed E-state index contributed by atoms with van der Waals surface area (Å²) in [5.41, 5.74) is 0.739. The Morgan fingerprint density at radius 3 is 2.84 bits per heavy atom. The normalized spacial score (nSPS) is 30.6. The molecule has 2 saturated carbocycles. The lowest BCUT2D eigenvalue weighted by Crippen LogP contribution is -2.42. The predicted octanol–water partition coefficient (Wildman–Crippen LogP) is 1.11. The summed E-state index contributed by atoms with van der Waals surface area (Å²) in [5.74, 6) is 0.882. The third kappa shape index (κ3) is 3.07. The van der Waals surface area contributed by atoms with Gasteiger partial charge >= 0.3 is 0 Å². The van der Waals surface area contributed by atoms with Gasteiger partial charge in [0, 0.05) is 18.1 Å². The molecule has 0 aliphatic heterocycles. The number of hydrogen-bond donors (Lipinski definition) is 3. The van der Waals surface area contributed by atoms with Crippen LogP contribution in [-0.2, 0) is 4.79 Å². The van der Waals surface area contributed by atoms with Crippen LogP contribution in [0.25, 0.3) is 10.9 Å². The summed E-state index contributed by atoms with van der Waals surface area (Å²) in [4.78, 5) is 16.4. The Morgan fingerprint density at radius 1 is 1.20 bits per heavy atom.